The Bertz CT molecular complexity index is 1090. The first-order valence-corrected chi connectivity index (χ1v) is 11.0. The third-order valence-corrected chi connectivity index (χ3v) is 6.74. The largest absolute Gasteiger partial charge is 0.395 e. The minimum atomic E-state index is -4.36. The van der Waals surface area contributed by atoms with Gasteiger partial charge in [-0.15, -0.1) is 0 Å². The van der Waals surface area contributed by atoms with Gasteiger partial charge in [-0.25, -0.2) is 0 Å². The van der Waals surface area contributed by atoms with Crippen molar-refractivity contribution in [3.8, 4) is 0 Å². The number of aromatic nitrogens is 3. The Morgan fingerprint density at radius 2 is 2.03 bits per heavy atom. The molecule has 1 amide bonds. The average Bonchev–Trinajstić information content (AvgIpc) is 3.47. The molecule has 2 N–H and O–H groups in total. The topological polar surface area (TPSA) is 73.9 Å². The molecule has 0 bridgehead atoms. The maximum absolute atomic E-state index is 13.9. The molecular formula is C24H28F3N5O. The summed E-state index contributed by atoms with van der Waals surface area (Å²) in [4.78, 5) is 18.8. The molecule has 0 unspecified atom stereocenters. The molecule has 1 saturated carbocycles. The first-order chi connectivity index (χ1) is 15.7. The summed E-state index contributed by atoms with van der Waals surface area (Å²) in [5, 5.41) is 10.9. The lowest BCUT2D eigenvalue weighted by molar-refractivity contribution is -0.194. The molecule has 2 heterocycles. The average molecular weight is 460 g/mol. The van der Waals surface area contributed by atoms with Crippen molar-refractivity contribution >= 4 is 16.8 Å². The normalized spacial score (nSPS) is 17.2. The summed E-state index contributed by atoms with van der Waals surface area (Å²) in [6, 6.07) is 9.28. The second-order valence-electron chi connectivity index (χ2n) is 9.11. The number of nitrogens with zero attached hydrogens (tertiary/aromatic N) is 3. The van der Waals surface area contributed by atoms with Gasteiger partial charge in [0.15, 0.2) is 0 Å². The van der Waals surface area contributed by atoms with Gasteiger partial charge in [-0.05, 0) is 56.6 Å². The van der Waals surface area contributed by atoms with Gasteiger partial charge >= 0.3 is 6.18 Å². The van der Waals surface area contributed by atoms with Gasteiger partial charge in [0, 0.05) is 42.7 Å². The Balaban J connectivity index is 1.43. The highest BCUT2D eigenvalue weighted by molar-refractivity contribution is 5.78. The van der Waals surface area contributed by atoms with Crippen LogP contribution in [0.1, 0.15) is 36.3 Å². The van der Waals surface area contributed by atoms with E-state index in [2.05, 4.69) is 20.5 Å². The van der Waals surface area contributed by atoms with Crippen molar-refractivity contribution < 1.29 is 18.0 Å². The molecule has 4 rings (SSSR count). The van der Waals surface area contributed by atoms with Crippen LogP contribution in [-0.2, 0) is 11.2 Å². The van der Waals surface area contributed by atoms with Crippen molar-refractivity contribution in [3.05, 3.63) is 60.0 Å². The maximum Gasteiger partial charge on any atom is 0.395 e. The summed E-state index contributed by atoms with van der Waals surface area (Å²) < 4.78 is 41.6. The molecule has 0 aliphatic heterocycles. The molecule has 33 heavy (non-hydrogen) atoms. The fourth-order valence-electron chi connectivity index (χ4n) is 4.49. The van der Waals surface area contributed by atoms with E-state index in [1.165, 1.54) is 12.4 Å². The highest BCUT2D eigenvalue weighted by Crippen LogP contribution is 2.66. The number of pyridine rings is 1. The van der Waals surface area contributed by atoms with Gasteiger partial charge in [0.05, 0.1) is 17.1 Å². The smallest absolute Gasteiger partial charge is 0.355 e. The van der Waals surface area contributed by atoms with Crippen molar-refractivity contribution in [2.24, 2.45) is 5.41 Å². The molecule has 0 saturated heterocycles. The summed E-state index contributed by atoms with van der Waals surface area (Å²) in [6.45, 7) is 0.339. The molecule has 9 heteroatoms. The molecule has 3 aromatic rings. The molecule has 1 aromatic carbocycles. The van der Waals surface area contributed by atoms with E-state index in [9.17, 15) is 18.0 Å². The van der Waals surface area contributed by atoms with Crippen LogP contribution in [0.5, 0.6) is 0 Å². The van der Waals surface area contributed by atoms with E-state index in [0.717, 1.165) is 16.5 Å². The maximum atomic E-state index is 13.9. The van der Waals surface area contributed by atoms with E-state index in [0.29, 0.717) is 18.5 Å². The number of halogens is 3. The van der Waals surface area contributed by atoms with Crippen LogP contribution in [0.15, 0.2) is 48.9 Å². The molecule has 2 aromatic heterocycles. The quantitative estimate of drug-likeness (QED) is 0.506. The number of rotatable bonds is 9. The van der Waals surface area contributed by atoms with Crippen LogP contribution in [0.3, 0.4) is 0 Å². The zero-order valence-corrected chi connectivity index (χ0v) is 18.7. The van der Waals surface area contributed by atoms with E-state index in [1.807, 2.05) is 37.2 Å². The lowest BCUT2D eigenvalue weighted by Gasteiger charge is -2.30. The number of aromatic amines is 1. The molecule has 1 aliphatic rings. The second kappa shape index (κ2) is 9.13. The minimum Gasteiger partial charge on any atom is -0.355 e. The number of nitrogens with one attached hydrogen (secondary N) is 2. The second-order valence-corrected chi connectivity index (χ2v) is 9.11. The number of likely N-dealkylation sites (N-methyl/N-ethyl adjacent to an activating group) is 1. The monoisotopic (exact) mass is 459 g/mol. The van der Waals surface area contributed by atoms with Crippen LogP contribution in [-0.4, -0.2) is 58.8 Å². The van der Waals surface area contributed by atoms with Crippen molar-refractivity contribution in [2.45, 2.75) is 43.8 Å². The van der Waals surface area contributed by atoms with Crippen LogP contribution >= 0.6 is 0 Å². The summed E-state index contributed by atoms with van der Waals surface area (Å²) in [6.07, 6.45) is 0.917. The summed E-state index contributed by atoms with van der Waals surface area (Å²) >= 11 is 0. The van der Waals surface area contributed by atoms with Crippen molar-refractivity contribution in [2.75, 3.05) is 20.6 Å². The van der Waals surface area contributed by atoms with E-state index < -0.39 is 17.5 Å². The highest BCUT2D eigenvalue weighted by Gasteiger charge is 2.67. The van der Waals surface area contributed by atoms with E-state index in [1.54, 1.807) is 18.3 Å². The molecule has 1 aliphatic carbocycles. The van der Waals surface area contributed by atoms with Gasteiger partial charge < -0.3 is 10.2 Å². The first kappa shape index (κ1) is 23.2. The van der Waals surface area contributed by atoms with Gasteiger partial charge in [-0.2, -0.15) is 18.3 Å². The lowest BCUT2D eigenvalue weighted by Crippen LogP contribution is -2.42. The molecular weight excluding hydrogens is 431 g/mol. The van der Waals surface area contributed by atoms with Gasteiger partial charge in [-0.1, -0.05) is 18.2 Å². The minimum absolute atomic E-state index is 0.0105. The zero-order valence-electron chi connectivity index (χ0n) is 18.7. The molecule has 0 radical (unpaired) electrons. The predicted octanol–water partition coefficient (Wildman–Crippen LogP) is 4.06. The van der Waals surface area contributed by atoms with Crippen LogP contribution < -0.4 is 5.32 Å². The van der Waals surface area contributed by atoms with Crippen LogP contribution in [0, 0.1) is 5.41 Å². The summed E-state index contributed by atoms with van der Waals surface area (Å²) in [5.74, 6) is -1.32. The Labute approximate surface area is 190 Å². The zero-order chi connectivity index (χ0) is 23.6. The number of hydrogen-bond donors (Lipinski definition) is 2. The first-order valence-electron chi connectivity index (χ1n) is 11.0. The fraction of sp³-hybridized carbons (Fsp3) is 0.458. The molecule has 1 fully saturated rings. The van der Waals surface area contributed by atoms with Crippen molar-refractivity contribution in [3.63, 3.8) is 0 Å². The summed E-state index contributed by atoms with van der Waals surface area (Å²) in [5.41, 5.74) is 0.644. The molecule has 0 spiro atoms. The number of benzene rings is 1. The fourth-order valence-corrected chi connectivity index (χ4v) is 4.49. The van der Waals surface area contributed by atoms with Gasteiger partial charge in [0.1, 0.15) is 0 Å². The van der Waals surface area contributed by atoms with E-state index >= 15 is 0 Å². The number of amides is 1. The number of fused-ring (bicyclic) bond motifs is 1. The number of carbonyl (C=O) groups excluding carboxylic acids is 1. The van der Waals surface area contributed by atoms with Gasteiger partial charge in [0.2, 0.25) is 5.91 Å². The van der Waals surface area contributed by atoms with E-state index in [-0.39, 0.29) is 31.2 Å². The SMILES string of the molecule is CN(C)[C@H](CNC(=O)C[C@H](c1cccnc1)C1(C(F)(F)F)CC1)Cc1ccc2cn[nH]c2c1. The van der Waals surface area contributed by atoms with Crippen LogP contribution in [0.25, 0.3) is 10.9 Å². The van der Waals surface area contributed by atoms with Crippen LogP contribution in [0.4, 0.5) is 13.2 Å². The van der Waals surface area contributed by atoms with E-state index in [4.69, 9.17) is 0 Å². The van der Waals surface area contributed by atoms with Crippen molar-refractivity contribution in [1.29, 1.82) is 0 Å². The summed E-state index contributed by atoms with van der Waals surface area (Å²) in [7, 11) is 3.85. The Morgan fingerprint density at radius 3 is 2.67 bits per heavy atom. The third kappa shape index (κ3) is 5.03. The van der Waals surface area contributed by atoms with Crippen molar-refractivity contribution in [1.82, 2.24) is 25.4 Å². The molecule has 176 valence electrons. The Hall–Kier alpha value is -2.94. The number of carbonyl (C=O) groups is 1. The number of hydrogen-bond acceptors (Lipinski definition) is 4. The standard InChI is InChI=1S/C24H28F3N5O/c1-32(2)19(10-16-5-6-18-14-30-31-21(18)11-16)15-29-22(33)12-20(17-4-3-9-28-13-17)23(7-8-23)24(25,26)27/h3-6,9,11,13-14,19-20H,7-8,10,12,15H2,1-2H3,(H,29,33)(H,30,31)/t19-,20+/m0/s1. The molecule has 6 nitrogen and oxygen atoms in total. The Morgan fingerprint density at radius 1 is 1.24 bits per heavy atom. The predicted molar refractivity (Wildman–Crippen MR) is 120 cm³/mol. The van der Waals surface area contributed by atoms with Gasteiger partial charge in [-0.3, -0.25) is 14.9 Å². The Kier molecular flexibility index (Phi) is 6.43. The molecule has 2 atom stereocenters. The lowest BCUT2D eigenvalue weighted by atomic mass is 9.80. The van der Waals surface area contributed by atoms with Gasteiger partial charge in [0.25, 0.3) is 0 Å². The van der Waals surface area contributed by atoms with Crippen LogP contribution in [0.2, 0.25) is 0 Å². The highest BCUT2D eigenvalue weighted by atomic mass is 19.4. The third-order valence-electron chi connectivity index (χ3n) is 6.74. The number of H-pyrrole nitrogens is 1. The number of alkyl halides is 3.